The van der Waals surface area contributed by atoms with Gasteiger partial charge in [0.05, 0.1) is 26.7 Å². The van der Waals surface area contributed by atoms with Crippen LogP contribution in [0.4, 0.5) is 0 Å². The fourth-order valence-corrected chi connectivity index (χ4v) is 7.37. The van der Waals surface area contributed by atoms with Gasteiger partial charge in [0, 0.05) is 0 Å². The molecule has 0 aliphatic carbocycles. The summed E-state index contributed by atoms with van der Waals surface area (Å²) in [7, 11) is 10.6. The SMILES string of the molecule is CCCCCCCCCCCCCCCCCCC(O)(CCCCCCCCCCCCCCCCCC)C([PH-])[N+](C)(C)C. The van der Waals surface area contributed by atoms with E-state index in [1.807, 2.05) is 0 Å². The molecule has 0 bridgehead atoms. The molecule has 0 aliphatic rings. The first-order chi connectivity index (χ1) is 21.3. The molecule has 44 heavy (non-hydrogen) atoms. The van der Waals surface area contributed by atoms with Crippen LogP contribution in [0.1, 0.15) is 232 Å². The Balaban J connectivity index is 3.84. The maximum atomic E-state index is 11.8. The van der Waals surface area contributed by atoms with E-state index in [2.05, 4.69) is 44.2 Å². The van der Waals surface area contributed by atoms with E-state index >= 15 is 0 Å². The minimum absolute atomic E-state index is 0.0928. The lowest BCUT2D eigenvalue weighted by atomic mass is 9.88. The molecular weight excluding hydrogens is 553 g/mol. The topological polar surface area (TPSA) is 20.2 Å². The lowest BCUT2D eigenvalue weighted by Crippen LogP contribution is -2.55. The number of aliphatic hydroxyl groups is 1. The first-order valence-corrected chi connectivity index (χ1v) is 21.1. The maximum Gasteiger partial charge on any atom is 0.0878 e. The average Bonchev–Trinajstić information content (AvgIpc) is 2.99. The largest absolute Gasteiger partial charge is 0.489 e. The molecule has 0 aromatic rings. The zero-order valence-electron chi connectivity index (χ0n) is 31.5. The molecule has 1 atom stereocenters. The van der Waals surface area contributed by atoms with Gasteiger partial charge in [-0.3, -0.25) is 0 Å². The number of quaternary nitrogens is 1. The summed E-state index contributed by atoms with van der Waals surface area (Å²) >= 11 is 0. The number of likely N-dealkylation sites (N-methyl/N-ethyl adjacent to an activating group) is 1. The van der Waals surface area contributed by atoms with E-state index in [0.29, 0.717) is 0 Å². The van der Waals surface area contributed by atoms with Crippen molar-refractivity contribution < 1.29 is 9.59 Å². The van der Waals surface area contributed by atoms with Crippen LogP contribution in [0.25, 0.3) is 0 Å². The van der Waals surface area contributed by atoms with E-state index in [1.54, 1.807) is 0 Å². The van der Waals surface area contributed by atoms with Crippen molar-refractivity contribution in [2.75, 3.05) is 21.1 Å². The van der Waals surface area contributed by atoms with Crippen molar-refractivity contribution in [2.24, 2.45) is 0 Å². The fourth-order valence-electron chi connectivity index (χ4n) is 7.08. The Morgan fingerprint density at radius 1 is 0.386 bits per heavy atom. The highest BCUT2D eigenvalue weighted by Crippen LogP contribution is 2.34. The quantitative estimate of drug-likeness (QED) is 0.0411. The van der Waals surface area contributed by atoms with Gasteiger partial charge >= 0.3 is 0 Å². The third-order valence-corrected chi connectivity index (χ3v) is 11.5. The van der Waals surface area contributed by atoms with Gasteiger partial charge in [-0.05, 0) is 18.6 Å². The van der Waals surface area contributed by atoms with E-state index in [-0.39, 0.29) is 5.78 Å². The maximum absolute atomic E-state index is 11.8. The molecule has 0 rings (SSSR count). The smallest absolute Gasteiger partial charge is 0.0878 e. The average molecular weight is 640 g/mol. The van der Waals surface area contributed by atoms with E-state index in [4.69, 9.17) is 0 Å². The number of unbranched alkanes of at least 4 members (excludes halogenated alkanes) is 30. The zero-order chi connectivity index (χ0) is 32.6. The van der Waals surface area contributed by atoms with Crippen LogP contribution in [-0.2, 0) is 0 Å². The van der Waals surface area contributed by atoms with Gasteiger partial charge in [-0.1, -0.05) is 219 Å². The number of hydrogen-bond donors (Lipinski definition) is 1. The molecule has 0 spiro atoms. The molecule has 1 unspecified atom stereocenters. The summed E-state index contributed by atoms with van der Waals surface area (Å²) in [5.41, 5.74) is -0.596. The fraction of sp³-hybridized carbons (Fsp3) is 1.00. The first kappa shape index (κ1) is 44.4. The minimum Gasteiger partial charge on any atom is -0.489 e. The molecule has 0 fully saturated rings. The zero-order valence-corrected chi connectivity index (χ0v) is 32.5. The van der Waals surface area contributed by atoms with Crippen molar-refractivity contribution >= 4 is 9.24 Å². The van der Waals surface area contributed by atoms with Gasteiger partial charge in [-0.15, -0.1) is 0 Å². The summed E-state index contributed by atoms with van der Waals surface area (Å²) in [4.78, 5) is 0. The Hall–Kier alpha value is 0.350. The first-order valence-electron chi connectivity index (χ1n) is 20.5. The van der Waals surface area contributed by atoms with Gasteiger partial charge in [0.15, 0.2) is 0 Å². The Morgan fingerprint density at radius 3 is 0.750 bits per heavy atom. The summed E-state index contributed by atoms with van der Waals surface area (Å²) in [5, 5.41) is 11.8. The second-order valence-corrected chi connectivity index (χ2v) is 16.3. The van der Waals surface area contributed by atoms with Gasteiger partial charge < -0.3 is 18.8 Å². The monoisotopic (exact) mass is 640 g/mol. The van der Waals surface area contributed by atoms with Crippen LogP contribution < -0.4 is 0 Å². The van der Waals surface area contributed by atoms with E-state index in [0.717, 1.165) is 30.2 Å². The number of hydrogen-bond acceptors (Lipinski definition) is 1. The van der Waals surface area contributed by atoms with Gasteiger partial charge in [0.1, 0.15) is 0 Å². The normalized spacial score (nSPS) is 13.2. The summed E-state index contributed by atoms with van der Waals surface area (Å²) in [5.74, 6) is 0.0928. The summed E-state index contributed by atoms with van der Waals surface area (Å²) in [6.07, 6.45) is 46.6. The van der Waals surface area contributed by atoms with Crippen LogP contribution in [0.5, 0.6) is 0 Å². The molecule has 0 saturated carbocycles. The van der Waals surface area contributed by atoms with Crippen molar-refractivity contribution in [3.8, 4) is 0 Å². The number of rotatable bonds is 36. The summed E-state index contributed by atoms with van der Waals surface area (Å²) < 4.78 is 0.769. The molecule has 0 aliphatic heterocycles. The highest BCUT2D eigenvalue weighted by Gasteiger charge is 2.35. The molecule has 0 saturated heterocycles. The van der Waals surface area contributed by atoms with Crippen molar-refractivity contribution in [3.05, 3.63) is 0 Å². The predicted molar refractivity (Wildman–Crippen MR) is 203 cm³/mol. The van der Waals surface area contributed by atoms with Crippen molar-refractivity contribution in [2.45, 2.75) is 244 Å². The van der Waals surface area contributed by atoms with Gasteiger partial charge in [0.25, 0.3) is 0 Å². The minimum atomic E-state index is -0.596. The highest BCUT2D eigenvalue weighted by molar-refractivity contribution is 7.17. The Labute approximate surface area is 282 Å². The molecule has 0 aromatic heterocycles. The second kappa shape index (κ2) is 31.9. The van der Waals surface area contributed by atoms with Crippen LogP contribution in [0.2, 0.25) is 0 Å². The standard InChI is InChI=1S/C41H86NOP/c1-6-8-10-12-14-16-18-20-22-24-26-28-30-32-34-36-38-41(43,40(44)42(3,4)5)39-37-35-33-31-29-27-25-23-21-19-17-15-13-11-9-7-2/h40,43-44H,6-39H2,1-5H3. The van der Waals surface area contributed by atoms with Gasteiger partial charge in [0.2, 0.25) is 0 Å². The molecule has 0 heterocycles. The van der Waals surface area contributed by atoms with Crippen LogP contribution in [0, 0.1) is 0 Å². The number of nitrogens with zero attached hydrogens (tertiary/aromatic N) is 1. The lowest BCUT2D eigenvalue weighted by Gasteiger charge is -2.49. The third-order valence-electron chi connectivity index (χ3n) is 10.2. The van der Waals surface area contributed by atoms with Gasteiger partial charge in [-0.25, -0.2) is 0 Å². The lowest BCUT2D eigenvalue weighted by molar-refractivity contribution is -0.888. The molecule has 0 radical (unpaired) electrons. The summed E-state index contributed by atoms with van der Waals surface area (Å²) in [6.45, 7) is 4.60. The second-order valence-electron chi connectivity index (χ2n) is 15.7. The van der Waals surface area contributed by atoms with Crippen LogP contribution in [0.3, 0.4) is 0 Å². The Morgan fingerprint density at radius 2 is 0.568 bits per heavy atom. The third kappa shape index (κ3) is 28.6. The molecular formula is C41H86NOP. The van der Waals surface area contributed by atoms with Crippen molar-refractivity contribution in [3.63, 3.8) is 0 Å². The summed E-state index contributed by atoms with van der Waals surface area (Å²) in [6, 6.07) is 0. The Bertz CT molecular complexity index is 523. The van der Waals surface area contributed by atoms with Crippen molar-refractivity contribution in [1.82, 2.24) is 0 Å². The highest BCUT2D eigenvalue weighted by atomic mass is 31.0. The van der Waals surface area contributed by atoms with Crippen LogP contribution >= 0.6 is 9.24 Å². The van der Waals surface area contributed by atoms with E-state index in [1.165, 1.54) is 193 Å². The molecule has 0 amide bonds. The van der Waals surface area contributed by atoms with Crippen LogP contribution in [-0.4, -0.2) is 42.1 Å². The Kier molecular flexibility index (Phi) is 32.2. The molecule has 266 valence electrons. The predicted octanol–water partition coefficient (Wildman–Crippen LogP) is 14.2. The molecule has 3 heteroatoms. The van der Waals surface area contributed by atoms with Gasteiger partial charge in [-0.2, -0.15) is 0 Å². The molecule has 1 N–H and O–H groups in total. The van der Waals surface area contributed by atoms with E-state index < -0.39 is 5.60 Å². The van der Waals surface area contributed by atoms with Crippen molar-refractivity contribution in [1.29, 1.82) is 0 Å². The molecule has 2 nitrogen and oxygen atoms in total. The van der Waals surface area contributed by atoms with E-state index in [9.17, 15) is 5.11 Å². The molecule has 0 aromatic carbocycles. The van der Waals surface area contributed by atoms with Crippen LogP contribution in [0.15, 0.2) is 0 Å².